The molecular weight excluding hydrogens is 431 g/mol. The van der Waals surface area contributed by atoms with E-state index in [4.69, 9.17) is 4.74 Å². The van der Waals surface area contributed by atoms with Crippen LogP contribution in [0.2, 0.25) is 0 Å². The highest BCUT2D eigenvalue weighted by Crippen LogP contribution is 2.36. The number of rotatable bonds is 5. The normalized spacial score (nSPS) is 22.5. The summed E-state index contributed by atoms with van der Waals surface area (Å²) >= 11 is 0. The average molecular weight is 467 g/mol. The van der Waals surface area contributed by atoms with Crippen molar-refractivity contribution in [3.05, 3.63) is 65.5 Å². The number of halogens is 1. The van der Waals surface area contributed by atoms with E-state index >= 15 is 0 Å². The van der Waals surface area contributed by atoms with Gasteiger partial charge in [0.25, 0.3) is 0 Å². The van der Waals surface area contributed by atoms with Gasteiger partial charge in [-0.3, -0.25) is 4.90 Å². The topological polar surface area (TPSA) is 48.0 Å². The molecule has 2 saturated heterocycles. The zero-order chi connectivity index (χ0) is 23.5. The van der Waals surface area contributed by atoms with Crippen molar-refractivity contribution in [2.45, 2.75) is 44.3 Å². The van der Waals surface area contributed by atoms with Crippen molar-refractivity contribution < 1.29 is 13.9 Å². The van der Waals surface area contributed by atoms with E-state index < -0.39 is 0 Å². The molecule has 3 aliphatic heterocycles. The van der Waals surface area contributed by atoms with Gasteiger partial charge < -0.3 is 19.9 Å². The largest absolute Gasteiger partial charge is 0.379 e. The Morgan fingerprint density at radius 3 is 2.50 bits per heavy atom. The molecule has 2 amide bonds. The van der Waals surface area contributed by atoms with Crippen molar-refractivity contribution in [1.29, 1.82) is 0 Å². The fourth-order valence-electron chi connectivity index (χ4n) is 5.82. The van der Waals surface area contributed by atoms with Gasteiger partial charge in [-0.25, -0.2) is 9.18 Å². The number of carbonyl (C=O) groups excluding carboxylic acids is 1. The molecule has 2 aromatic rings. The van der Waals surface area contributed by atoms with Crippen LogP contribution < -0.4 is 10.2 Å². The second-order valence-electron chi connectivity index (χ2n) is 9.71. The Bertz CT molecular complexity index is 971. The zero-order valence-corrected chi connectivity index (χ0v) is 20.0. The first-order chi connectivity index (χ1) is 16.6. The summed E-state index contributed by atoms with van der Waals surface area (Å²) in [6.45, 7) is 7.30. The van der Waals surface area contributed by atoms with Crippen LogP contribution in [0.15, 0.2) is 48.5 Å². The first-order valence-corrected chi connectivity index (χ1v) is 12.6. The molecule has 2 aromatic carbocycles. The fraction of sp³-hybridized carbons (Fsp3) is 0.519. The molecule has 0 saturated carbocycles. The lowest BCUT2D eigenvalue weighted by Gasteiger charge is -2.40. The van der Waals surface area contributed by atoms with Crippen LogP contribution in [-0.2, 0) is 11.2 Å². The molecule has 0 radical (unpaired) electrons. The van der Waals surface area contributed by atoms with Crippen LogP contribution >= 0.6 is 0 Å². The Kier molecular flexibility index (Phi) is 7.02. The molecule has 7 heteroatoms. The van der Waals surface area contributed by atoms with E-state index in [2.05, 4.69) is 46.3 Å². The number of hydrogen-bond donors (Lipinski definition) is 1. The maximum absolute atomic E-state index is 13.5. The number of piperidine rings is 1. The van der Waals surface area contributed by atoms with Crippen LogP contribution in [0.5, 0.6) is 0 Å². The number of fused-ring (bicyclic) bond motifs is 1. The van der Waals surface area contributed by atoms with Gasteiger partial charge in [-0.15, -0.1) is 0 Å². The second kappa shape index (κ2) is 10.3. The van der Waals surface area contributed by atoms with Crippen molar-refractivity contribution in [3.63, 3.8) is 0 Å². The number of carbonyl (C=O) groups is 1. The van der Waals surface area contributed by atoms with Gasteiger partial charge in [0.1, 0.15) is 5.82 Å². The molecule has 0 aliphatic carbocycles. The lowest BCUT2D eigenvalue weighted by molar-refractivity contribution is 0.0164. The number of nitrogens with zero attached hydrogens (tertiary/aromatic N) is 3. The molecule has 6 nitrogen and oxygen atoms in total. The SMILES string of the molecule is CC1Cc2ccccc2N1C1CCN(C(=O)NCC(c2ccc(F)cc2)N2CCOCC2)CC1. The monoisotopic (exact) mass is 466 g/mol. The Labute approximate surface area is 201 Å². The summed E-state index contributed by atoms with van der Waals surface area (Å²) in [7, 11) is 0. The van der Waals surface area contributed by atoms with Crippen molar-refractivity contribution in [3.8, 4) is 0 Å². The maximum atomic E-state index is 13.5. The third-order valence-electron chi connectivity index (χ3n) is 7.59. The van der Waals surface area contributed by atoms with Crippen molar-refractivity contribution >= 4 is 11.7 Å². The lowest BCUT2D eigenvalue weighted by atomic mass is 10.0. The zero-order valence-electron chi connectivity index (χ0n) is 20.0. The quantitative estimate of drug-likeness (QED) is 0.728. The number of nitrogens with one attached hydrogen (secondary N) is 1. The number of morpholine rings is 1. The molecule has 1 N–H and O–H groups in total. The average Bonchev–Trinajstić information content (AvgIpc) is 3.21. The maximum Gasteiger partial charge on any atom is 0.317 e. The number of ether oxygens (including phenoxy) is 1. The number of anilines is 1. The molecule has 5 rings (SSSR count). The summed E-state index contributed by atoms with van der Waals surface area (Å²) < 4.78 is 19.0. The predicted octanol–water partition coefficient (Wildman–Crippen LogP) is 3.82. The van der Waals surface area contributed by atoms with Crippen molar-refractivity contribution in [1.82, 2.24) is 15.1 Å². The van der Waals surface area contributed by atoms with Crippen LogP contribution in [0.25, 0.3) is 0 Å². The van der Waals surface area contributed by atoms with Gasteiger partial charge in [0, 0.05) is 50.5 Å². The Morgan fingerprint density at radius 2 is 1.76 bits per heavy atom. The second-order valence-corrected chi connectivity index (χ2v) is 9.71. The van der Waals surface area contributed by atoms with Crippen LogP contribution in [0.3, 0.4) is 0 Å². The van der Waals surface area contributed by atoms with Crippen LogP contribution in [-0.4, -0.2) is 73.9 Å². The summed E-state index contributed by atoms with van der Waals surface area (Å²) in [6, 6.07) is 16.3. The third-order valence-corrected chi connectivity index (χ3v) is 7.59. The molecule has 2 unspecified atom stereocenters. The molecule has 34 heavy (non-hydrogen) atoms. The Balaban J connectivity index is 1.18. The van der Waals surface area contributed by atoms with E-state index in [0.29, 0.717) is 31.8 Å². The van der Waals surface area contributed by atoms with E-state index in [1.165, 1.54) is 23.4 Å². The summed E-state index contributed by atoms with van der Waals surface area (Å²) in [5.74, 6) is -0.244. The third kappa shape index (κ3) is 4.91. The number of benzene rings is 2. The highest BCUT2D eigenvalue weighted by molar-refractivity contribution is 5.74. The molecule has 0 spiro atoms. The van der Waals surface area contributed by atoms with Gasteiger partial charge in [0.05, 0.1) is 19.3 Å². The van der Waals surface area contributed by atoms with Gasteiger partial charge in [0.2, 0.25) is 0 Å². The summed E-state index contributed by atoms with van der Waals surface area (Å²) in [5.41, 5.74) is 3.82. The van der Waals surface area contributed by atoms with Gasteiger partial charge in [-0.2, -0.15) is 0 Å². The highest BCUT2D eigenvalue weighted by atomic mass is 19.1. The molecular formula is C27H35FN4O2. The summed E-state index contributed by atoms with van der Waals surface area (Å²) in [6.07, 6.45) is 3.07. The van der Waals surface area contributed by atoms with Crippen LogP contribution in [0.1, 0.15) is 36.9 Å². The summed E-state index contributed by atoms with van der Waals surface area (Å²) in [5, 5.41) is 3.17. The van der Waals surface area contributed by atoms with Crippen molar-refractivity contribution in [2.24, 2.45) is 0 Å². The standard InChI is InChI=1S/C27H35FN4O2/c1-20-18-22-4-2-3-5-25(22)32(20)24-10-12-31(13-11-24)27(33)29-19-26(30-14-16-34-17-15-30)21-6-8-23(28)9-7-21/h2-9,20,24,26H,10-19H2,1H3,(H,29,33). The van der Waals surface area contributed by atoms with E-state index in [1.54, 1.807) is 0 Å². The van der Waals surface area contributed by atoms with Crippen LogP contribution in [0, 0.1) is 5.82 Å². The predicted molar refractivity (Wildman–Crippen MR) is 132 cm³/mol. The fourth-order valence-corrected chi connectivity index (χ4v) is 5.82. The molecule has 2 atom stereocenters. The van der Waals surface area contributed by atoms with Gasteiger partial charge in [-0.1, -0.05) is 30.3 Å². The smallest absolute Gasteiger partial charge is 0.317 e. The summed E-state index contributed by atoms with van der Waals surface area (Å²) in [4.78, 5) is 19.9. The minimum atomic E-state index is -0.244. The molecule has 3 aliphatic rings. The molecule has 0 bridgehead atoms. The number of hydrogen-bond acceptors (Lipinski definition) is 4. The molecule has 0 aromatic heterocycles. The van der Waals surface area contributed by atoms with Gasteiger partial charge >= 0.3 is 6.03 Å². The van der Waals surface area contributed by atoms with Gasteiger partial charge in [0.15, 0.2) is 0 Å². The first-order valence-electron chi connectivity index (χ1n) is 12.6. The minimum Gasteiger partial charge on any atom is -0.379 e. The number of amides is 2. The first kappa shape index (κ1) is 23.1. The Morgan fingerprint density at radius 1 is 1.06 bits per heavy atom. The van der Waals surface area contributed by atoms with Crippen molar-refractivity contribution in [2.75, 3.05) is 50.8 Å². The van der Waals surface area contributed by atoms with Gasteiger partial charge in [-0.05, 0) is 55.5 Å². The van der Waals surface area contributed by atoms with E-state index in [1.807, 2.05) is 17.0 Å². The van der Waals surface area contributed by atoms with E-state index in [9.17, 15) is 9.18 Å². The molecule has 182 valence electrons. The molecule has 3 heterocycles. The molecule has 2 fully saturated rings. The number of urea groups is 1. The van der Waals surface area contributed by atoms with Crippen LogP contribution in [0.4, 0.5) is 14.9 Å². The number of para-hydroxylation sites is 1. The van der Waals surface area contributed by atoms with E-state index in [0.717, 1.165) is 51.0 Å². The highest BCUT2D eigenvalue weighted by Gasteiger charge is 2.34. The minimum absolute atomic E-state index is 0.00584. The Hall–Kier alpha value is -2.64. The lowest BCUT2D eigenvalue weighted by Crippen LogP contribution is -2.52. The van der Waals surface area contributed by atoms with E-state index in [-0.39, 0.29) is 17.9 Å². The number of likely N-dealkylation sites (tertiary alicyclic amines) is 1.